The minimum atomic E-state index is -3.65. The van der Waals surface area contributed by atoms with E-state index in [9.17, 15) is 22.8 Å². The highest BCUT2D eigenvalue weighted by Crippen LogP contribution is 2.26. The lowest BCUT2D eigenvalue weighted by Crippen LogP contribution is -2.42. The second-order valence-corrected chi connectivity index (χ2v) is 8.82. The predicted octanol–water partition coefficient (Wildman–Crippen LogP) is 1.08. The van der Waals surface area contributed by atoms with E-state index in [0.717, 1.165) is 15.6 Å². The number of rotatable bonds is 8. The Bertz CT molecular complexity index is 973. The Kier molecular flexibility index (Phi) is 7.18. The molecule has 0 bridgehead atoms. The highest BCUT2D eigenvalue weighted by atomic mass is 32.2. The fraction of sp³-hybridized carbons (Fsp3) is 0.235. The van der Waals surface area contributed by atoms with Gasteiger partial charge in [-0.2, -0.15) is 0 Å². The first-order valence-corrected chi connectivity index (χ1v) is 10.5. The molecule has 0 radical (unpaired) electrons. The number of thiophene rings is 1. The first kappa shape index (κ1) is 22.2. The number of esters is 1. The lowest BCUT2D eigenvalue weighted by Gasteiger charge is -2.18. The standard InChI is InChI=1S/C17H19N3O7S2/c1-11(16(22)19-17(18)23)27-14(21)10-26-13-7-5-12(6-8-13)20(2)29(24,25)15-4-3-9-28-15/h3-9,11H,10H2,1-2H3,(H3,18,19,22,23). The molecule has 1 heterocycles. The number of nitrogens with zero attached hydrogens (tertiary/aromatic N) is 1. The van der Waals surface area contributed by atoms with E-state index in [-0.39, 0.29) is 4.21 Å². The Labute approximate surface area is 171 Å². The lowest BCUT2D eigenvalue weighted by atomic mass is 10.3. The molecule has 0 fully saturated rings. The Morgan fingerprint density at radius 1 is 1.21 bits per heavy atom. The number of hydrogen-bond acceptors (Lipinski definition) is 8. The minimum Gasteiger partial charge on any atom is -0.482 e. The van der Waals surface area contributed by atoms with Crippen LogP contribution >= 0.6 is 11.3 Å². The second-order valence-electron chi connectivity index (χ2n) is 5.67. The summed E-state index contributed by atoms with van der Waals surface area (Å²) in [6.07, 6.45) is -1.22. The van der Waals surface area contributed by atoms with Gasteiger partial charge in [0.05, 0.1) is 5.69 Å². The fourth-order valence-electron chi connectivity index (χ4n) is 2.09. The first-order valence-electron chi connectivity index (χ1n) is 8.16. The van der Waals surface area contributed by atoms with Crippen LogP contribution in [0, 0.1) is 0 Å². The number of ether oxygens (including phenoxy) is 2. The molecule has 1 atom stereocenters. The molecule has 3 N–H and O–H groups in total. The van der Waals surface area contributed by atoms with Crippen molar-refractivity contribution in [2.45, 2.75) is 17.2 Å². The van der Waals surface area contributed by atoms with Gasteiger partial charge < -0.3 is 15.2 Å². The van der Waals surface area contributed by atoms with Crippen molar-refractivity contribution in [3.63, 3.8) is 0 Å². The summed E-state index contributed by atoms with van der Waals surface area (Å²) in [6.45, 7) is 0.783. The molecule has 1 aromatic carbocycles. The maximum atomic E-state index is 12.5. The average molecular weight is 441 g/mol. The van der Waals surface area contributed by atoms with Crippen molar-refractivity contribution >= 4 is 45.0 Å². The van der Waals surface area contributed by atoms with Gasteiger partial charge in [-0.15, -0.1) is 11.3 Å². The van der Waals surface area contributed by atoms with Crippen LogP contribution in [-0.2, 0) is 24.3 Å². The summed E-state index contributed by atoms with van der Waals surface area (Å²) in [5.41, 5.74) is 5.22. The van der Waals surface area contributed by atoms with Crippen molar-refractivity contribution < 1.29 is 32.3 Å². The van der Waals surface area contributed by atoms with E-state index in [2.05, 4.69) is 0 Å². The van der Waals surface area contributed by atoms with Crippen molar-refractivity contribution in [1.82, 2.24) is 5.32 Å². The molecule has 29 heavy (non-hydrogen) atoms. The van der Waals surface area contributed by atoms with Crippen LogP contribution in [0.5, 0.6) is 5.75 Å². The van der Waals surface area contributed by atoms with Crippen LogP contribution in [0.2, 0.25) is 0 Å². The van der Waals surface area contributed by atoms with Crippen LogP contribution in [-0.4, -0.2) is 46.1 Å². The molecule has 0 spiro atoms. The van der Waals surface area contributed by atoms with E-state index in [1.54, 1.807) is 16.8 Å². The van der Waals surface area contributed by atoms with Crippen LogP contribution in [0.4, 0.5) is 10.5 Å². The number of hydrogen-bond donors (Lipinski definition) is 2. The zero-order valence-electron chi connectivity index (χ0n) is 15.5. The SMILES string of the molecule is CC(OC(=O)COc1ccc(N(C)S(=O)(=O)c2cccs2)cc1)C(=O)NC(N)=O. The number of primary amides is 1. The van der Waals surface area contributed by atoms with Gasteiger partial charge in [-0.05, 0) is 42.6 Å². The van der Waals surface area contributed by atoms with Gasteiger partial charge in [0, 0.05) is 7.05 Å². The number of urea groups is 1. The van der Waals surface area contributed by atoms with E-state index >= 15 is 0 Å². The zero-order valence-corrected chi connectivity index (χ0v) is 17.2. The van der Waals surface area contributed by atoms with Gasteiger partial charge in [0.25, 0.3) is 15.9 Å². The summed E-state index contributed by atoms with van der Waals surface area (Å²) >= 11 is 1.12. The molecule has 10 nitrogen and oxygen atoms in total. The van der Waals surface area contributed by atoms with Gasteiger partial charge >= 0.3 is 12.0 Å². The molecule has 1 aromatic heterocycles. The van der Waals surface area contributed by atoms with Gasteiger partial charge in [-0.1, -0.05) is 6.07 Å². The molecule has 0 saturated heterocycles. The number of anilines is 1. The molecule has 156 valence electrons. The number of amides is 3. The third-order valence-electron chi connectivity index (χ3n) is 3.59. The molecule has 2 aromatic rings. The Morgan fingerprint density at radius 2 is 1.86 bits per heavy atom. The van der Waals surface area contributed by atoms with E-state index in [1.165, 1.54) is 44.3 Å². The van der Waals surface area contributed by atoms with Crippen LogP contribution in [0.15, 0.2) is 46.0 Å². The lowest BCUT2D eigenvalue weighted by molar-refractivity contribution is -0.156. The van der Waals surface area contributed by atoms with Gasteiger partial charge in [-0.25, -0.2) is 18.0 Å². The Hall–Kier alpha value is -3.12. The van der Waals surface area contributed by atoms with Gasteiger partial charge in [-0.3, -0.25) is 14.4 Å². The van der Waals surface area contributed by atoms with Crippen molar-refractivity contribution in [3.8, 4) is 5.75 Å². The fourth-order valence-corrected chi connectivity index (χ4v) is 4.44. The highest BCUT2D eigenvalue weighted by molar-refractivity contribution is 7.94. The maximum Gasteiger partial charge on any atom is 0.344 e. The van der Waals surface area contributed by atoms with Crippen LogP contribution in [0.3, 0.4) is 0 Å². The summed E-state index contributed by atoms with van der Waals surface area (Å²) < 4.78 is 36.4. The molecule has 0 aliphatic rings. The third-order valence-corrected chi connectivity index (χ3v) is 6.75. The second kappa shape index (κ2) is 9.39. The van der Waals surface area contributed by atoms with E-state index in [0.29, 0.717) is 11.4 Å². The summed E-state index contributed by atoms with van der Waals surface area (Å²) in [6, 6.07) is 8.15. The molecular weight excluding hydrogens is 422 g/mol. The number of carbonyl (C=O) groups excluding carboxylic acids is 3. The summed E-state index contributed by atoms with van der Waals surface area (Å²) in [4.78, 5) is 33.8. The Balaban J connectivity index is 1.91. The largest absolute Gasteiger partial charge is 0.482 e. The predicted molar refractivity (Wildman–Crippen MR) is 105 cm³/mol. The van der Waals surface area contributed by atoms with Crippen LogP contribution in [0.1, 0.15) is 6.92 Å². The van der Waals surface area contributed by atoms with Crippen molar-refractivity contribution in [2.75, 3.05) is 18.0 Å². The smallest absolute Gasteiger partial charge is 0.344 e. The summed E-state index contributed by atoms with van der Waals surface area (Å²) in [7, 11) is -2.22. The van der Waals surface area contributed by atoms with E-state index < -0.39 is 40.6 Å². The van der Waals surface area contributed by atoms with Gasteiger partial charge in [0.2, 0.25) is 0 Å². The molecule has 12 heteroatoms. The number of nitrogens with one attached hydrogen (secondary N) is 1. The number of nitrogens with two attached hydrogens (primary N) is 1. The number of carbonyl (C=O) groups is 3. The summed E-state index contributed by atoms with van der Waals surface area (Å²) in [5.74, 6) is -1.40. The average Bonchev–Trinajstić information content (AvgIpc) is 3.21. The van der Waals surface area contributed by atoms with Crippen LogP contribution in [0.25, 0.3) is 0 Å². The topological polar surface area (TPSA) is 145 Å². The monoisotopic (exact) mass is 441 g/mol. The molecule has 1 unspecified atom stereocenters. The van der Waals surface area contributed by atoms with Gasteiger partial charge in [0.15, 0.2) is 12.7 Å². The molecule has 0 aliphatic carbocycles. The number of sulfonamides is 1. The van der Waals surface area contributed by atoms with Crippen molar-refractivity contribution in [1.29, 1.82) is 0 Å². The third kappa shape index (κ3) is 5.93. The summed E-state index contributed by atoms with van der Waals surface area (Å²) in [5, 5.41) is 3.47. The van der Waals surface area contributed by atoms with Crippen molar-refractivity contribution in [3.05, 3.63) is 41.8 Å². The first-order chi connectivity index (χ1) is 13.6. The molecule has 3 amide bonds. The molecule has 2 rings (SSSR count). The van der Waals surface area contributed by atoms with E-state index in [1.807, 2.05) is 0 Å². The zero-order chi connectivity index (χ0) is 21.6. The molecule has 0 aliphatic heterocycles. The minimum absolute atomic E-state index is 0.220. The molecule has 0 saturated carbocycles. The van der Waals surface area contributed by atoms with Gasteiger partial charge in [0.1, 0.15) is 9.96 Å². The Morgan fingerprint density at radius 3 is 2.41 bits per heavy atom. The maximum absolute atomic E-state index is 12.5. The highest BCUT2D eigenvalue weighted by Gasteiger charge is 2.22. The van der Waals surface area contributed by atoms with Crippen molar-refractivity contribution in [2.24, 2.45) is 5.73 Å². The number of benzene rings is 1. The quantitative estimate of drug-likeness (QED) is 0.583. The molecular formula is C17H19N3O7S2. The normalized spacial score (nSPS) is 11.9. The number of imide groups is 1. The van der Waals surface area contributed by atoms with Crippen LogP contribution < -0.4 is 20.1 Å². The van der Waals surface area contributed by atoms with E-state index in [4.69, 9.17) is 15.2 Å².